The van der Waals surface area contributed by atoms with Crippen LogP contribution < -0.4 is 0 Å². The summed E-state index contributed by atoms with van der Waals surface area (Å²) >= 11 is 6.21. The number of aryl methyl sites for hydroxylation is 1. The summed E-state index contributed by atoms with van der Waals surface area (Å²) in [6.45, 7) is 2.70. The molecular weight excluding hydrogens is 338 g/mol. The second-order valence-corrected chi connectivity index (χ2v) is 7.20. The molecular formula is C19H24ClN3O2. The number of aromatic nitrogens is 2. The van der Waals surface area contributed by atoms with Crippen molar-refractivity contribution in [2.75, 3.05) is 13.1 Å². The SMILES string of the molecule is Cn1ncc(Cl)c1CN1CCC(C(CC(=O)O)c2ccccc2)CC1. The van der Waals surface area contributed by atoms with Crippen LogP contribution in [0.25, 0.3) is 0 Å². The summed E-state index contributed by atoms with van der Waals surface area (Å²) < 4.78 is 1.83. The van der Waals surface area contributed by atoms with E-state index in [1.165, 1.54) is 0 Å². The standard InChI is InChI=1S/C19H24ClN3O2/c1-22-18(17(20)12-21-22)13-23-9-7-15(8-10-23)16(11-19(24)25)14-5-3-2-4-6-14/h2-6,12,15-16H,7-11,13H2,1H3,(H,24,25). The topological polar surface area (TPSA) is 58.4 Å². The van der Waals surface area contributed by atoms with E-state index in [-0.39, 0.29) is 12.3 Å². The zero-order valence-corrected chi connectivity index (χ0v) is 15.2. The molecule has 0 amide bonds. The fraction of sp³-hybridized carbons (Fsp3) is 0.474. The van der Waals surface area contributed by atoms with E-state index in [1.54, 1.807) is 6.20 Å². The number of hydrogen-bond donors (Lipinski definition) is 1. The van der Waals surface area contributed by atoms with Gasteiger partial charge in [-0.25, -0.2) is 0 Å². The van der Waals surface area contributed by atoms with Crippen LogP contribution in [-0.2, 0) is 18.4 Å². The Bertz CT molecular complexity index is 689. The van der Waals surface area contributed by atoms with Gasteiger partial charge in [0.05, 0.1) is 23.3 Å². The molecule has 2 heterocycles. The molecule has 1 aliphatic heterocycles. The van der Waals surface area contributed by atoms with E-state index in [4.69, 9.17) is 11.6 Å². The predicted octanol–water partition coefficient (Wildman–Crippen LogP) is 3.54. The van der Waals surface area contributed by atoms with Gasteiger partial charge in [0, 0.05) is 13.6 Å². The van der Waals surface area contributed by atoms with Gasteiger partial charge in [-0.3, -0.25) is 14.4 Å². The van der Waals surface area contributed by atoms with Crippen molar-refractivity contribution < 1.29 is 9.90 Å². The molecule has 0 bridgehead atoms. The van der Waals surface area contributed by atoms with Gasteiger partial charge < -0.3 is 5.11 Å². The molecule has 1 fully saturated rings. The van der Waals surface area contributed by atoms with Gasteiger partial charge in [0.1, 0.15) is 0 Å². The Morgan fingerprint density at radius 3 is 2.56 bits per heavy atom. The largest absolute Gasteiger partial charge is 0.481 e. The number of benzene rings is 1. The molecule has 0 aliphatic carbocycles. The van der Waals surface area contributed by atoms with Gasteiger partial charge >= 0.3 is 5.97 Å². The first-order valence-corrected chi connectivity index (χ1v) is 9.08. The molecule has 1 aliphatic rings. The average molecular weight is 362 g/mol. The van der Waals surface area contributed by atoms with E-state index >= 15 is 0 Å². The van der Waals surface area contributed by atoms with Crippen LogP contribution in [0, 0.1) is 5.92 Å². The van der Waals surface area contributed by atoms with Crippen molar-refractivity contribution >= 4 is 17.6 Å². The summed E-state index contributed by atoms with van der Waals surface area (Å²) in [6.07, 6.45) is 3.88. The van der Waals surface area contributed by atoms with E-state index in [2.05, 4.69) is 22.1 Å². The van der Waals surface area contributed by atoms with E-state index < -0.39 is 5.97 Å². The van der Waals surface area contributed by atoms with Crippen LogP contribution >= 0.6 is 11.6 Å². The second-order valence-electron chi connectivity index (χ2n) is 6.79. The minimum Gasteiger partial charge on any atom is -0.481 e. The van der Waals surface area contributed by atoms with Gasteiger partial charge in [-0.1, -0.05) is 41.9 Å². The van der Waals surface area contributed by atoms with Crippen molar-refractivity contribution in [2.24, 2.45) is 13.0 Å². The molecule has 5 nitrogen and oxygen atoms in total. The molecule has 0 saturated carbocycles. The first kappa shape index (κ1) is 18.0. The second kappa shape index (κ2) is 8.02. The minimum atomic E-state index is -0.724. The van der Waals surface area contributed by atoms with E-state index in [1.807, 2.05) is 29.9 Å². The van der Waals surface area contributed by atoms with Crippen LogP contribution in [0.4, 0.5) is 0 Å². The van der Waals surface area contributed by atoms with Gasteiger partial charge in [0.25, 0.3) is 0 Å². The maximum Gasteiger partial charge on any atom is 0.303 e. The summed E-state index contributed by atoms with van der Waals surface area (Å²) in [5.74, 6) is -0.240. The number of halogens is 1. The Kier molecular flexibility index (Phi) is 5.76. The van der Waals surface area contributed by atoms with Crippen molar-refractivity contribution in [1.82, 2.24) is 14.7 Å². The normalized spacial score (nSPS) is 17.5. The van der Waals surface area contributed by atoms with Gasteiger partial charge in [-0.05, 0) is 43.3 Å². The van der Waals surface area contributed by atoms with E-state index in [0.717, 1.165) is 43.7 Å². The van der Waals surface area contributed by atoms with Crippen molar-refractivity contribution in [2.45, 2.75) is 31.7 Å². The van der Waals surface area contributed by atoms with Crippen LogP contribution in [0.3, 0.4) is 0 Å². The van der Waals surface area contributed by atoms with E-state index in [9.17, 15) is 9.90 Å². The van der Waals surface area contributed by atoms with Crippen LogP contribution in [0.5, 0.6) is 0 Å². The Labute approximate surface area is 153 Å². The maximum absolute atomic E-state index is 11.3. The number of carbonyl (C=O) groups is 1. The molecule has 1 unspecified atom stereocenters. The highest BCUT2D eigenvalue weighted by atomic mass is 35.5. The highest BCUT2D eigenvalue weighted by molar-refractivity contribution is 6.31. The molecule has 1 aromatic carbocycles. The fourth-order valence-corrected chi connectivity index (χ4v) is 4.01. The molecule has 1 aromatic heterocycles. The van der Waals surface area contributed by atoms with Crippen LogP contribution in [0.15, 0.2) is 36.5 Å². The molecule has 0 spiro atoms. The third-order valence-electron chi connectivity index (χ3n) is 5.21. The minimum absolute atomic E-state index is 0.0844. The molecule has 1 N–H and O–H groups in total. The first-order valence-electron chi connectivity index (χ1n) is 8.70. The molecule has 1 saturated heterocycles. The van der Waals surface area contributed by atoms with Crippen LogP contribution in [0.1, 0.15) is 36.4 Å². The highest BCUT2D eigenvalue weighted by Gasteiger charge is 2.29. The lowest BCUT2D eigenvalue weighted by Crippen LogP contribution is -2.36. The first-order chi connectivity index (χ1) is 12.0. The zero-order valence-electron chi connectivity index (χ0n) is 14.4. The number of nitrogens with zero attached hydrogens (tertiary/aromatic N) is 3. The van der Waals surface area contributed by atoms with Gasteiger partial charge in [-0.2, -0.15) is 5.10 Å². The van der Waals surface area contributed by atoms with Gasteiger partial charge in [0.15, 0.2) is 0 Å². The maximum atomic E-state index is 11.3. The molecule has 0 radical (unpaired) electrons. The number of carboxylic acids is 1. The Hall–Kier alpha value is -1.85. The quantitative estimate of drug-likeness (QED) is 0.854. The summed E-state index contributed by atoms with van der Waals surface area (Å²) in [4.78, 5) is 13.7. The predicted molar refractivity (Wildman–Crippen MR) is 97.7 cm³/mol. The number of rotatable bonds is 6. The van der Waals surface area contributed by atoms with E-state index in [0.29, 0.717) is 10.9 Å². The molecule has 134 valence electrons. The van der Waals surface area contributed by atoms with Crippen LogP contribution in [0.2, 0.25) is 5.02 Å². The van der Waals surface area contributed by atoms with Gasteiger partial charge in [-0.15, -0.1) is 0 Å². The summed E-state index contributed by atoms with van der Waals surface area (Å²) in [5.41, 5.74) is 2.17. The Morgan fingerprint density at radius 1 is 1.32 bits per heavy atom. The van der Waals surface area contributed by atoms with Crippen molar-refractivity contribution in [1.29, 1.82) is 0 Å². The van der Waals surface area contributed by atoms with Crippen LogP contribution in [-0.4, -0.2) is 38.8 Å². The fourth-order valence-electron chi connectivity index (χ4n) is 3.78. The van der Waals surface area contributed by atoms with Crippen molar-refractivity contribution in [3.05, 3.63) is 52.8 Å². The average Bonchev–Trinajstić information content (AvgIpc) is 2.93. The van der Waals surface area contributed by atoms with Crippen molar-refractivity contribution in [3.63, 3.8) is 0 Å². The number of piperidine rings is 1. The third kappa shape index (κ3) is 4.41. The molecule has 6 heteroatoms. The van der Waals surface area contributed by atoms with Crippen molar-refractivity contribution in [3.8, 4) is 0 Å². The smallest absolute Gasteiger partial charge is 0.303 e. The lowest BCUT2D eigenvalue weighted by molar-refractivity contribution is -0.137. The number of aliphatic carboxylic acids is 1. The number of likely N-dealkylation sites (tertiary alicyclic amines) is 1. The lowest BCUT2D eigenvalue weighted by atomic mass is 9.78. The number of hydrogen-bond acceptors (Lipinski definition) is 3. The lowest BCUT2D eigenvalue weighted by Gasteiger charge is -2.36. The Balaban J connectivity index is 1.64. The highest BCUT2D eigenvalue weighted by Crippen LogP contribution is 2.35. The molecule has 2 aromatic rings. The summed E-state index contributed by atoms with van der Waals surface area (Å²) in [6, 6.07) is 10.1. The van der Waals surface area contributed by atoms with Gasteiger partial charge in [0.2, 0.25) is 0 Å². The molecule has 1 atom stereocenters. The monoisotopic (exact) mass is 361 g/mol. The Morgan fingerprint density at radius 2 is 2.00 bits per heavy atom. The summed E-state index contributed by atoms with van der Waals surface area (Å²) in [5, 5.41) is 14.2. The zero-order chi connectivity index (χ0) is 17.8. The number of carboxylic acid groups (broad SMARTS) is 1. The molecule has 3 rings (SSSR count). The third-order valence-corrected chi connectivity index (χ3v) is 5.52. The summed E-state index contributed by atoms with van der Waals surface area (Å²) in [7, 11) is 1.91. The molecule has 25 heavy (non-hydrogen) atoms.